The van der Waals surface area contributed by atoms with E-state index in [1.165, 1.54) is 0 Å². The van der Waals surface area contributed by atoms with E-state index in [0.717, 1.165) is 21.1 Å². The number of halogens is 1. The standard InChI is InChI=1S/C11H13BrN2O.C2H6/c1-7(2)14-11(6-15)9-5-8(12)3-4-10(9)13-14;1-2/h3-5,7,15H,6H2,1-2H3;1-2H3. The van der Waals surface area contributed by atoms with Crippen LogP contribution in [0.4, 0.5) is 0 Å². The van der Waals surface area contributed by atoms with Crippen molar-refractivity contribution in [2.45, 2.75) is 40.3 Å². The highest BCUT2D eigenvalue weighted by atomic mass is 79.9. The second-order valence-electron chi connectivity index (χ2n) is 3.80. The largest absolute Gasteiger partial charge is 0.390 e. The zero-order chi connectivity index (χ0) is 13.0. The van der Waals surface area contributed by atoms with Crippen molar-refractivity contribution in [2.75, 3.05) is 0 Å². The Morgan fingerprint density at radius 3 is 2.53 bits per heavy atom. The van der Waals surface area contributed by atoms with Crippen molar-refractivity contribution in [1.29, 1.82) is 0 Å². The molecule has 1 N–H and O–H groups in total. The van der Waals surface area contributed by atoms with Crippen molar-refractivity contribution in [2.24, 2.45) is 0 Å². The molecule has 0 unspecified atom stereocenters. The molecule has 0 atom stereocenters. The van der Waals surface area contributed by atoms with Gasteiger partial charge < -0.3 is 5.11 Å². The summed E-state index contributed by atoms with van der Waals surface area (Å²) in [5.41, 5.74) is 1.80. The minimum atomic E-state index is 0.0190. The number of hydrogen-bond donors (Lipinski definition) is 1. The number of benzene rings is 1. The molecule has 0 radical (unpaired) electrons. The Balaban J connectivity index is 0.000000686. The van der Waals surface area contributed by atoms with Crippen molar-refractivity contribution >= 4 is 26.8 Å². The normalized spacial score (nSPS) is 10.5. The Kier molecular flexibility index (Phi) is 5.15. The van der Waals surface area contributed by atoms with E-state index in [9.17, 15) is 5.11 Å². The lowest BCUT2D eigenvalue weighted by Gasteiger charge is -2.08. The summed E-state index contributed by atoms with van der Waals surface area (Å²) in [5, 5.41) is 14.8. The predicted octanol–water partition coefficient (Wildman–Crippen LogP) is 3.90. The Morgan fingerprint density at radius 1 is 1.35 bits per heavy atom. The quantitative estimate of drug-likeness (QED) is 0.913. The Morgan fingerprint density at radius 2 is 2.00 bits per heavy atom. The van der Waals surface area contributed by atoms with Crippen LogP contribution in [0.2, 0.25) is 0 Å². The van der Waals surface area contributed by atoms with E-state index >= 15 is 0 Å². The topological polar surface area (TPSA) is 38.0 Å². The molecule has 0 bridgehead atoms. The van der Waals surface area contributed by atoms with Gasteiger partial charge in [0.1, 0.15) is 0 Å². The molecule has 1 heterocycles. The van der Waals surface area contributed by atoms with Gasteiger partial charge in [0.25, 0.3) is 0 Å². The van der Waals surface area contributed by atoms with Gasteiger partial charge in [0.05, 0.1) is 17.8 Å². The third-order valence-electron chi connectivity index (χ3n) is 2.40. The van der Waals surface area contributed by atoms with Crippen LogP contribution in [0.15, 0.2) is 22.7 Å². The predicted molar refractivity (Wildman–Crippen MR) is 75.1 cm³/mol. The minimum Gasteiger partial charge on any atom is -0.390 e. The van der Waals surface area contributed by atoms with Crippen molar-refractivity contribution in [3.63, 3.8) is 0 Å². The van der Waals surface area contributed by atoms with Gasteiger partial charge in [-0.05, 0) is 32.0 Å². The fraction of sp³-hybridized carbons (Fsp3) is 0.462. The number of aliphatic hydroxyl groups excluding tert-OH is 1. The first-order chi connectivity index (χ1) is 8.13. The molecule has 0 saturated carbocycles. The third-order valence-corrected chi connectivity index (χ3v) is 2.89. The summed E-state index contributed by atoms with van der Waals surface area (Å²) in [6, 6.07) is 6.17. The summed E-state index contributed by atoms with van der Waals surface area (Å²) in [6.07, 6.45) is 0. The maximum absolute atomic E-state index is 9.37. The Labute approximate surface area is 111 Å². The minimum absolute atomic E-state index is 0.0190. The van der Waals surface area contributed by atoms with Gasteiger partial charge in [0.15, 0.2) is 0 Å². The second kappa shape index (κ2) is 6.17. The van der Waals surface area contributed by atoms with Gasteiger partial charge in [0.2, 0.25) is 0 Å². The Bertz CT molecular complexity index is 491. The molecular formula is C13H19BrN2O. The zero-order valence-corrected chi connectivity index (χ0v) is 12.3. The van der Waals surface area contributed by atoms with E-state index in [1.54, 1.807) is 0 Å². The molecule has 0 aliphatic rings. The molecule has 17 heavy (non-hydrogen) atoms. The summed E-state index contributed by atoms with van der Waals surface area (Å²) in [5.74, 6) is 0. The van der Waals surface area contributed by atoms with E-state index < -0.39 is 0 Å². The third kappa shape index (κ3) is 2.87. The Hall–Kier alpha value is -0.870. The number of aromatic nitrogens is 2. The molecule has 94 valence electrons. The molecule has 1 aromatic heterocycles. The first-order valence-corrected chi connectivity index (χ1v) is 6.70. The summed E-state index contributed by atoms with van der Waals surface area (Å²) in [7, 11) is 0. The molecule has 4 heteroatoms. The van der Waals surface area contributed by atoms with Crippen LogP contribution in [0, 0.1) is 0 Å². The summed E-state index contributed by atoms with van der Waals surface area (Å²) in [4.78, 5) is 0. The van der Waals surface area contributed by atoms with Crippen LogP contribution in [0.1, 0.15) is 39.4 Å². The van der Waals surface area contributed by atoms with Gasteiger partial charge in [-0.25, -0.2) is 0 Å². The van der Waals surface area contributed by atoms with E-state index in [-0.39, 0.29) is 12.6 Å². The number of hydrogen-bond acceptors (Lipinski definition) is 2. The molecule has 0 aliphatic heterocycles. The maximum atomic E-state index is 9.37. The maximum Gasteiger partial charge on any atom is 0.0928 e. The lowest BCUT2D eigenvalue weighted by Crippen LogP contribution is -2.07. The van der Waals surface area contributed by atoms with Gasteiger partial charge in [-0.15, -0.1) is 0 Å². The van der Waals surface area contributed by atoms with Crippen LogP contribution in [0.3, 0.4) is 0 Å². The van der Waals surface area contributed by atoms with Crippen LogP contribution in [0.25, 0.3) is 10.9 Å². The van der Waals surface area contributed by atoms with Gasteiger partial charge in [-0.3, -0.25) is 4.68 Å². The van der Waals surface area contributed by atoms with Gasteiger partial charge in [-0.2, -0.15) is 5.10 Å². The molecular weight excluding hydrogens is 280 g/mol. The van der Waals surface area contributed by atoms with E-state index in [0.29, 0.717) is 0 Å². The molecule has 0 amide bonds. The van der Waals surface area contributed by atoms with E-state index in [1.807, 2.05) is 36.7 Å². The van der Waals surface area contributed by atoms with Gasteiger partial charge >= 0.3 is 0 Å². The first-order valence-electron chi connectivity index (χ1n) is 5.91. The van der Waals surface area contributed by atoms with Crippen LogP contribution in [0.5, 0.6) is 0 Å². The van der Waals surface area contributed by atoms with Gasteiger partial charge in [-0.1, -0.05) is 29.8 Å². The van der Waals surface area contributed by atoms with Crippen LogP contribution < -0.4 is 0 Å². The average molecular weight is 299 g/mol. The fourth-order valence-electron chi connectivity index (χ4n) is 1.71. The van der Waals surface area contributed by atoms with Crippen LogP contribution >= 0.6 is 15.9 Å². The average Bonchev–Trinajstić information content (AvgIpc) is 2.69. The summed E-state index contributed by atoms with van der Waals surface area (Å²) < 4.78 is 2.88. The highest BCUT2D eigenvalue weighted by molar-refractivity contribution is 9.10. The van der Waals surface area contributed by atoms with Crippen LogP contribution in [-0.2, 0) is 6.61 Å². The molecule has 2 aromatic rings. The number of rotatable bonds is 2. The van der Waals surface area contributed by atoms with Crippen molar-refractivity contribution in [1.82, 2.24) is 9.78 Å². The zero-order valence-electron chi connectivity index (χ0n) is 10.7. The lowest BCUT2D eigenvalue weighted by molar-refractivity contribution is 0.266. The molecule has 1 aromatic carbocycles. The molecule has 0 fully saturated rings. The second-order valence-corrected chi connectivity index (χ2v) is 4.72. The molecule has 0 spiro atoms. The van der Waals surface area contributed by atoms with Crippen molar-refractivity contribution in [3.8, 4) is 0 Å². The molecule has 3 nitrogen and oxygen atoms in total. The van der Waals surface area contributed by atoms with E-state index in [2.05, 4.69) is 34.9 Å². The smallest absolute Gasteiger partial charge is 0.0928 e. The van der Waals surface area contributed by atoms with E-state index in [4.69, 9.17) is 0 Å². The summed E-state index contributed by atoms with van der Waals surface area (Å²) >= 11 is 3.42. The highest BCUT2D eigenvalue weighted by Gasteiger charge is 2.12. The summed E-state index contributed by atoms with van der Waals surface area (Å²) in [6.45, 7) is 8.13. The number of nitrogens with zero attached hydrogens (tertiary/aromatic N) is 2. The van der Waals surface area contributed by atoms with Gasteiger partial charge in [0, 0.05) is 15.9 Å². The van der Waals surface area contributed by atoms with Crippen LogP contribution in [-0.4, -0.2) is 14.9 Å². The fourth-order valence-corrected chi connectivity index (χ4v) is 2.07. The monoisotopic (exact) mass is 298 g/mol. The molecule has 0 saturated heterocycles. The number of fused-ring (bicyclic) bond motifs is 1. The lowest BCUT2D eigenvalue weighted by atomic mass is 10.2. The first kappa shape index (κ1) is 14.2. The molecule has 2 rings (SSSR count). The SMILES string of the molecule is CC.CC(C)n1nc2ccc(Br)cc2c1CO. The van der Waals surface area contributed by atoms with Crippen molar-refractivity contribution < 1.29 is 5.11 Å². The molecule has 0 aliphatic carbocycles. The number of aliphatic hydroxyl groups is 1. The van der Waals surface area contributed by atoms with Crippen molar-refractivity contribution in [3.05, 3.63) is 28.4 Å². The highest BCUT2D eigenvalue weighted by Crippen LogP contribution is 2.24.